The molecule has 0 radical (unpaired) electrons. The molecule has 0 saturated carbocycles. The minimum atomic E-state index is 0.919. The number of hydrogen-bond donors (Lipinski definition) is 1. The van der Waals surface area contributed by atoms with Crippen LogP contribution in [0.2, 0.25) is 0 Å². The Hall–Kier alpha value is -0.540. The third-order valence-electron chi connectivity index (χ3n) is 2.02. The SMILES string of the molecule is COc1ccc(CCNCCBr)cc1. The lowest BCUT2D eigenvalue weighted by Gasteiger charge is -2.04. The average Bonchev–Trinajstić information content (AvgIpc) is 2.25. The smallest absolute Gasteiger partial charge is 0.118 e. The highest BCUT2D eigenvalue weighted by Crippen LogP contribution is 2.11. The van der Waals surface area contributed by atoms with Gasteiger partial charge in [0.15, 0.2) is 0 Å². The van der Waals surface area contributed by atoms with Crippen molar-refractivity contribution < 1.29 is 4.74 Å². The number of alkyl halides is 1. The van der Waals surface area contributed by atoms with Crippen LogP contribution >= 0.6 is 15.9 Å². The summed E-state index contributed by atoms with van der Waals surface area (Å²) in [6.45, 7) is 2.05. The zero-order chi connectivity index (χ0) is 10.2. The van der Waals surface area contributed by atoms with Gasteiger partial charge in [-0.15, -0.1) is 0 Å². The van der Waals surface area contributed by atoms with E-state index in [0.717, 1.165) is 30.6 Å². The van der Waals surface area contributed by atoms with Crippen molar-refractivity contribution in [3.05, 3.63) is 29.8 Å². The van der Waals surface area contributed by atoms with E-state index >= 15 is 0 Å². The van der Waals surface area contributed by atoms with Gasteiger partial charge in [-0.25, -0.2) is 0 Å². The van der Waals surface area contributed by atoms with Crippen molar-refractivity contribution in [3.8, 4) is 5.75 Å². The van der Waals surface area contributed by atoms with E-state index in [1.807, 2.05) is 12.1 Å². The highest BCUT2D eigenvalue weighted by atomic mass is 79.9. The Balaban J connectivity index is 2.29. The summed E-state index contributed by atoms with van der Waals surface area (Å²) in [6.07, 6.45) is 1.07. The van der Waals surface area contributed by atoms with Gasteiger partial charge in [0.1, 0.15) is 5.75 Å². The first-order chi connectivity index (χ1) is 6.86. The van der Waals surface area contributed by atoms with Crippen LogP contribution in [0.15, 0.2) is 24.3 Å². The first-order valence-corrected chi connectivity index (χ1v) is 5.88. The maximum atomic E-state index is 5.09. The molecule has 0 aliphatic rings. The van der Waals surface area contributed by atoms with Crippen LogP contribution in [0, 0.1) is 0 Å². The van der Waals surface area contributed by atoms with E-state index in [-0.39, 0.29) is 0 Å². The van der Waals surface area contributed by atoms with Crippen molar-refractivity contribution in [3.63, 3.8) is 0 Å². The van der Waals surface area contributed by atoms with Crippen LogP contribution in [-0.2, 0) is 6.42 Å². The van der Waals surface area contributed by atoms with E-state index < -0.39 is 0 Å². The number of nitrogens with one attached hydrogen (secondary N) is 1. The lowest BCUT2D eigenvalue weighted by molar-refractivity contribution is 0.414. The van der Waals surface area contributed by atoms with E-state index in [0.29, 0.717) is 0 Å². The second-order valence-electron chi connectivity index (χ2n) is 3.04. The summed E-state index contributed by atoms with van der Waals surface area (Å²) < 4.78 is 5.09. The van der Waals surface area contributed by atoms with Crippen molar-refractivity contribution in [2.75, 3.05) is 25.5 Å². The Labute approximate surface area is 93.8 Å². The predicted octanol–water partition coefficient (Wildman–Crippen LogP) is 2.22. The molecule has 0 fully saturated rings. The second kappa shape index (κ2) is 6.85. The molecule has 0 atom stereocenters. The first kappa shape index (κ1) is 11.5. The normalized spacial score (nSPS) is 10.1. The Morgan fingerprint density at radius 2 is 1.93 bits per heavy atom. The largest absolute Gasteiger partial charge is 0.497 e. The molecule has 78 valence electrons. The van der Waals surface area contributed by atoms with Gasteiger partial charge in [-0.05, 0) is 30.7 Å². The van der Waals surface area contributed by atoms with Gasteiger partial charge in [-0.1, -0.05) is 28.1 Å². The molecule has 0 unspecified atom stereocenters. The molecule has 1 aromatic rings. The molecular weight excluding hydrogens is 242 g/mol. The van der Waals surface area contributed by atoms with Crippen LogP contribution in [0.1, 0.15) is 5.56 Å². The van der Waals surface area contributed by atoms with Gasteiger partial charge in [0.05, 0.1) is 7.11 Å². The van der Waals surface area contributed by atoms with E-state index in [4.69, 9.17) is 4.74 Å². The molecular formula is C11H16BrNO. The fourth-order valence-electron chi connectivity index (χ4n) is 1.22. The van der Waals surface area contributed by atoms with Gasteiger partial charge >= 0.3 is 0 Å². The minimum absolute atomic E-state index is 0.919. The number of ether oxygens (including phenoxy) is 1. The van der Waals surface area contributed by atoms with Gasteiger partial charge in [-0.3, -0.25) is 0 Å². The monoisotopic (exact) mass is 257 g/mol. The van der Waals surface area contributed by atoms with Crippen LogP contribution in [0.3, 0.4) is 0 Å². The van der Waals surface area contributed by atoms with Gasteiger partial charge < -0.3 is 10.1 Å². The third kappa shape index (κ3) is 4.11. The summed E-state index contributed by atoms with van der Waals surface area (Å²) in [4.78, 5) is 0. The van der Waals surface area contributed by atoms with E-state index in [2.05, 4.69) is 33.4 Å². The van der Waals surface area contributed by atoms with Crippen LogP contribution in [-0.4, -0.2) is 25.5 Å². The zero-order valence-electron chi connectivity index (χ0n) is 8.42. The molecule has 0 heterocycles. The summed E-state index contributed by atoms with van der Waals surface area (Å²) >= 11 is 3.38. The van der Waals surface area contributed by atoms with Crippen molar-refractivity contribution >= 4 is 15.9 Å². The van der Waals surface area contributed by atoms with Crippen molar-refractivity contribution in [1.82, 2.24) is 5.32 Å². The molecule has 0 aliphatic carbocycles. The summed E-state index contributed by atoms with van der Waals surface area (Å²) in [7, 11) is 1.69. The van der Waals surface area contributed by atoms with Crippen molar-refractivity contribution in [1.29, 1.82) is 0 Å². The summed E-state index contributed by atoms with van der Waals surface area (Å²) in [5.74, 6) is 0.919. The molecule has 2 nitrogen and oxygen atoms in total. The quantitative estimate of drug-likeness (QED) is 0.624. The first-order valence-electron chi connectivity index (χ1n) is 4.76. The van der Waals surface area contributed by atoms with Gasteiger partial charge in [0.25, 0.3) is 0 Å². The van der Waals surface area contributed by atoms with Crippen LogP contribution < -0.4 is 10.1 Å². The highest BCUT2D eigenvalue weighted by molar-refractivity contribution is 9.09. The van der Waals surface area contributed by atoms with E-state index in [1.54, 1.807) is 7.11 Å². The van der Waals surface area contributed by atoms with Crippen LogP contribution in [0.5, 0.6) is 5.75 Å². The van der Waals surface area contributed by atoms with Gasteiger partial charge in [-0.2, -0.15) is 0 Å². The molecule has 0 bridgehead atoms. The second-order valence-corrected chi connectivity index (χ2v) is 3.83. The lowest BCUT2D eigenvalue weighted by atomic mass is 10.1. The molecule has 3 heteroatoms. The fraction of sp³-hybridized carbons (Fsp3) is 0.455. The lowest BCUT2D eigenvalue weighted by Crippen LogP contribution is -2.19. The summed E-state index contributed by atoms with van der Waals surface area (Å²) in [6, 6.07) is 8.21. The molecule has 0 aliphatic heterocycles. The molecule has 1 rings (SSSR count). The number of rotatable bonds is 6. The maximum absolute atomic E-state index is 5.09. The van der Waals surface area contributed by atoms with Crippen molar-refractivity contribution in [2.45, 2.75) is 6.42 Å². The average molecular weight is 258 g/mol. The molecule has 14 heavy (non-hydrogen) atoms. The fourth-order valence-corrected chi connectivity index (χ4v) is 1.50. The molecule has 0 amide bonds. The van der Waals surface area contributed by atoms with Crippen LogP contribution in [0.25, 0.3) is 0 Å². The molecule has 0 spiro atoms. The Bertz CT molecular complexity index is 248. The third-order valence-corrected chi connectivity index (χ3v) is 2.42. The molecule has 0 saturated heterocycles. The van der Waals surface area contributed by atoms with E-state index in [1.165, 1.54) is 5.56 Å². The van der Waals surface area contributed by atoms with Gasteiger partial charge in [0, 0.05) is 11.9 Å². The minimum Gasteiger partial charge on any atom is -0.497 e. The number of halogens is 1. The molecule has 1 N–H and O–H groups in total. The topological polar surface area (TPSA) is 21.3 Å². The maximum Gasteiger partial charge on any atom is 0.118 e. The van der Waals surface area contributed by atoms with E-state index in [9.17, 15) is 0 Å². The standard InChI is InChI=1S/C11H16BrNO/c1-14-11-4-2-10(3-5-11)6-8-13-9-7-12/h2-5,13H,6-9H2,1H3. The number of hydrogen-bond acceptors (Lipinski definition) is 2. The van der Waals surface area contributed by atoms with Crippen molar-refractivity contribution in [2.24, 2.45) is 0 Å². The molecule has 1 aromatic carbocycles. The highest BCUT2D eigenvalue weighted by Gasteiger charge is 1.93. The summed E-state index contributed by atoms with van der Waals surface area (Å²) in [5, 5.41) is 4.34. The molecule has 0 aromatic heterocycles. The Morgan fingerprint density at radius 1 is 1.21 bits per heavy atom. The zero-order valence-corrected chi connectivity index (χ0v) is 10.0. The van der Waals surface area contributed by atoms with Crippen LogP contribution in [0.4, 0.5) is 0 Å². The van der Waals surface area contributed by atoms with Gasteiger partial charge in [0.2, 0.25) is 0 Å². The Kier molecular flexibility index (Phi) is 5.64. The Morgan fingerprint density at radius 3 is 2.50 bits per heavy atom. The number of methoxy groups -OCH3 is 1. The predicted molar refractivity (Wildman–Crippen MR) is 63.4 cm³/mol. The summed E-state index contributed by atoms with van der Waals surface area (Å²) in [5.41, 5.74) is 1.34. The number of benzene rings is 1.